The Hall–Kier alpha value is -1.79. The zero-order valence-electron chi connectivity index (χ0n) is 13.9. The maximum Gasteiger partial charge on any atom is 0.115 e. The Balaban J connectivity index is 2.20. The molecule has 0 bridgehead atoms. The number of nitriles is 1. The molecule has 2 rings (SSSR count). The third-order valence-electron chi connectivity index (χ3n) is 4.10. The number of benzene rings is 1. The van der Waals surface area contributed by atoms with E-state index in [-0.39, 0.29) is 0 Å². The molecule has 2 nitrogen and oxygen atoms in total. The summed E-state index contributed by atoms with van der Waals surface area (Å²) in [6, 6.07) is 11.0. The second-order valence-corrected chi connectivity index (χ2v) is 6.89. The van der Waals surface area contributed by atoms with Gasteiger partial charge >= 0.3 is 0 Å². The number of pyridine rings is 1. The minimum absolute atomic E-state index is 0.552. The molecule has 0 amide bonds. The molecule has 0 unspecified atom stereocenters. The van der Waals surface area contributed by atoms with Crippen LogP contribution in [0.15, 0.2) is 29.3 Å². The van der Waals surface area contributed by atoms with Crippen molar-refractivity contribution in [3.8, 4) is 6.07 Å². The van der Waals surface area contributed by atoms with Crippen LogP contribution in [-0.2, 0) is 5.75 Å². The fraction of sp³-hybridized carbons (Fsp3) is 0.368. The fourth-order valence-corrected chi connectivity index (χ4v) is 3.34. The number of nitrogens with zero attached hydrogens (tertiary/aromatic N) is 2. The maximum atomic E-state index is 9.41. The van der Waals surface area contributed by atoms with Gasteiger partial charge in [0, 0.05) is 11.4 Å². The molecular weight excluding hydrogens is 288 g/mol. The van der Waals surface area contributed by atoms with Crippen LogP contribution in [0.1, 0.15) is 53.3 Å². The first-order chi connectivity index (χ1) is 10.4. The van der Waals surface area contributed by atoms with E-state index < -0.39 is 0 Å². The van der Waals surface area contributed by atoms with Gasteiger partial charge in [-0.05, 0) is 48.9 Å². The van der Waals surface area contributed by atoms with Crippen LogP contribution in [0.25, 0.3) is 0 Å². The third kappa shape index (κ3) is 3.51. The topological polar surface area (TPSA) is 36.7 Å². The van der Waals surface area contributed by atoms with Gasteiger partial charge in [-0.15, -0.1) is 11.8 Å². The molecule has 0 saturated heterocycles. The summed E-state index contributed by atoms with van der Waals surface area (Å²) < 4.78 is 0. The van der Waals surface area contributed by atoms with E-state index in [9.17, 15) is 5.26 Å². The van der Waals surface area contributed by atoms with Crippen LogP contribution in [-0.4, -0.2) is 4.98 Å². The predicted molar refractivity (Wildman–Crippen MR) is 93.3 cm³/mol. The van der Waals surface area contributed by atoms with Crippen LogP contribution in [0.4, 0.5) is 0 Å². The summed E-state index contributed by atoms with van der Waals surface area (Å²) in [5, 5.41) is 10.2. The maximum absolute atomic E-state index is 9.41. The summed E-state index contributed by atoms with van der Waals surface area (Å²) >= 11 is 1.64. The lowest BCUT2D eigenvalue weighted by atomic mass is 10.0. The standard InChI is InChI=1S/C19H22N2S/c1-12(2)17-8-6-16(7-9-17)11-22-19-18(10-20)14(4)13(3)15(5)21-19/h6-9,12H,11H2,1-5H3. The van der Waals surface area contributed by atoms with Gasteiger partial charge in [-0.3, -0.25) is 0 Å². The fourth-order valence-electron chi connectivity index (χ4n) is 2.30. The van der Waals surface area contributed by atoms with Crippen molar-refractivity contribution in [2.75, 3.05) is 0 Å². The van der Waals surface area contributed by atoms with Crippen molar-refractivity contribution in [2.45, 2.75) is 51.3 Å². The first-order valence-corrected chi connectivity index (χ1v) is 8.52. The molecule has 2 aromatic rings. The summed E-state index contributed by atoms with van der Waals surface area (Å²) in [4.78, 5) is 4.61. The van der Waals surface area contributed by atoms with E-state index in [0.29, 0.717) is 11.5 Å². The molecule has 0 atom stereocenters. The van der Waals surface area contributed by atoms with Crippen molar-refractivity contribution in [1.29, 1.82) is 5.26 Å². The highest BCUT2D eigenvalue weighted by Crippen LogP contribution is 2.29. The highest BCUT2D eigenvalue weighted by atomic mass is 32.2. The summed E-state index contributed by atoms with van der Waals surface area (Å²) in [6.07, 6.45) is 0. The van der Waals surface area contributed by atoms with E-state index >= 15 is 0 Å². The van der Waals surface area contributed by atoms with Crippen LogP contribution in [0.5, 0.6) is 0 Å². The van der Waals surface area contributed by atoms with Crippen LogP contribution in [0.3, 0.4) is 0 Å². The molecule has 0 saturated carbocycles. The average Bonchev–Trinajstić information content (AvgIpc) is 2.51. The van der Waals surface area contributed by atoms with Gasteiger partial charge in [-0.1, -0.05) is 38.1 Å². The van der Waals surface area contributed by atoms with Crippen LogP contribution in [0, 0.1) is 32.1 Å². The van der Waals surface area contributed by atoms with Crippen LogP contribution in [0.2, 0.25) is 0 Å². The predicted octanol–water partition coefficient (Wildman–Crippen LogP) is 5.29. The number of rotatable bonds is 4. The highest BCUT2D eigenvalue weighted by molar-refractivity contribution is 7.98. The van der Waals surface area contributed by atoms with Crippen molar-refractivity contribution in [1.82, 2.24) is 4.98 Å². The molecule has 0 aliphatic rings. The van der Waals surface area contributed by atoms with Gasteiger partial charge in [0.15, 0.2) is 0 Å². The average molecular weight is 310 g/mol. The molecule has 0 spiro atoms. The summed E-state index contributed by atoms with van der Waals surface area (Å²) in [5.41, 5.74) is 6.50. The number of aryl methyl sites for hydroxylation is 1. The van der Waals surface area contributed by atoms with Gasteiger partial charge in [0.05, 0.1) is 5.56 Å². The van der Waals surface area contributed by atoms with Gasteiger partial charge in [-0.25, -0.2) is 4.98 Å². The Bertz CT molecular complexity index is 710. The van der Waals surface area contributed by atoms with Crippen molar-refractivity contribution < 1.29 is 0 Å². The molecule has 1 aromatic heterocycles. The Kier molecular flexibility index (Phi) is 5.26. The lowest BCUT2D eigenvalue weighted by molar-refractivity contribution is 0.866. The van der Waals surface area contributed by atoms with Crippen LogP contribution < -0.4 is 0 Å². The molecule has 22 heavy (non-hydrogen) atoms. The zero-order chi connectivity index (χ0) is 16.3. The molecule has 0 aliphatic carbocycles. The smallest absolute Gasteiger partial charge is 0.115 e. The van der Waals surface area contributed by atoms with Crippen LogP contribution >= 0.6 is 11.8 Å². The summed E-state index contributed by atoms with van der Waals surface area (Å²) in [5.74, 6) is 1.39. The van der Waals surface area contributed by atoms with E-state index in [1.807, 2.05) is 20.8 Å². The number of hydrogen-bond acceptors (Lipinski definition) is 3. The second kappa shape index (κ2) is 6.98. The monoisotopic (exact) mass is 310 g/mol. The molecule has 0 aliphatic heterocycles. The van der Waals surface area contributed by atoms with E-state index in [1.54, 1.807) is 11.8 Å². The quantitative estimate of drug-likeness (QED) is 0.719. The molecule has 1 heterocycles. The Labute approximate surface area is 137 Å². The minimum atomic E-state index is 0.552. The van der Waals surface area contributed by atoms with Crippen molar-refractivity contribution >= 4 is 11.8 Å². The zero-order valence-corrected chi connectivity index (χ0v) is 14.7. The van der Waals surface area contributed by atoms with Crippen molar-refractivity contribution in [3.63, 3.8) is 0 Å². The molecule has 0 fully saturated rings. The van der Waals surface area contributed by atoms with Gasteiger partial charge in [0.2, 0.25) is 0 Å². The van der Waals surface area contributed by atoms with E-state index in [4.69, 9.17) is 0 Å². The Morgan fingerprint density at radius 3 is 2.27 bits per heavy atom. The molecular formula is C19H22N2S. The van der Waals surface area contributed by atoms with E-state index in [2.05, 4.69) is 49.2 Å². The Morgan fingerprint density at radius 2 is 1.73 bits per heavy atom. The normalized spacial score (nSPS) is 10.8. The summed E-state index contributed by atoms with van der Waals surface area (Å²) in [6.45, 7) is 10.4. The molecule has 114 valence electrons. The van der Waals surface area contributed by atoms with Gasteiger partial charge in [-0.2, -0.15) is 5.26 Å². The Morgan fingerprint density at radius 1 is 1.09 bits per heavy atom. The van der Waals surface area contributed by atoms with Gasteiger partial charge < -0.3 is 0 Å². The number of thioether (sulfide) groups is 1. The van der Waals surface area contributed by atoms with Crippen molar-refractivity contribution in [3.05, 3.63) is 57.8 Å². The molecule has 0 radical (unpaired) electrons. The lowest BCUT2D eigenvalue weighted by Crippen LogP contribution is -1.99. The van der Waals surface area contributed by atoms with E-state index in [1.165, 1.54) is 11.1 Å². The second-order valence-electron chi connectivity index (χ2n) is 5.92. The first kappa shape index (κ1) is 16.6. The molecule has 3 heteroatoms. The first-order valence-electron chi connectivity index (χ1n) is 7.53. The van der Waals surface area contributed by atoms with Gasteiger partial charge in [0.25, 0.3) is 0 Å². The largest absolute Gasteiger partial charge is 0.245 e. The third-order valence-corrected chi connectivity index (χ3v) is 5.14. The lowest BCUT2D eigenvalue weighted by Gasteiger charge is -2.11. The number of hydrogen-bond donors (Lipinski definition) is 0. The van der Waals surface area contributed by atoms with E-state index in [0.717, 1.165) is 27.6 Å². The number of aromatic nitrogens is 1. The van der Waals surface area contributed by atoms with Crippen molar-refractivity contribution in [2.24, 2.45) is 0 Å². The highest BCUT2D eigenvalue weighted by Gasteiger charge is 2.12. The minimum Gasteiger partial charge on any atom is -0.245 e. The van der Waals surface area contributed by atoms with Gasteiger partial charge in [0.1, 0.15) is 11.1 Å². The molecule has 0 N–H and O–H groups in total. The molecule has 1 aromatic carbocycles. The summed E-state index contributed by atoms with van der Waals surface area (Å²) in [7, 11) is 0. The SMILES string of the molecule is Cc1nc(SCc2ccc(C(C)C)cc2)c(C#N)c(C)c1C.